The van der Waals surface area contributed by atoms with E-state index in [4.69, 9.17) is 13.8 Å². The van der Waals surface area contributed by atoms with E-state index < -0.39 is 26.6 Å². The molecule has 0 fully saturated rings. The van der Waals surface area contributed by atoms with Gasteiger partial charge >= 0.3 is 5.97 Å². The third-order valence-electron chi connectivity index (χ3n) is 13.2. The van der Waals surface area contributed by atoms with Crippen molar-refractivity contribution in [2.24, 2.45) is 0 Å². The van der Waals surface area contributed by atoms with E-state index >= 15 is 0 Å². The Hall–Kier alpha value is -3.33. The Balaban J connectivity index is 5.27. The molecule has 0 rings (SSSR count). The van der Waals surface area contributed by atoms with E-state index in [1.807, 2.05) is 33.3 Å². The van der Waals surface area contributed by atoms with Crippen molar-refractivity contribution in [1.82, 2.24) is 5.32 Å². The molecule has 0 saturated heterocycles. The van der Waals surface area contributed by atoms with Gasteiger partial charge in [-0.1, -0.05) is 233 Å². The molecule has 0 aliphatic carbocycles. The lowest BCUT2D eigenvalue weighted by Crippen LogP contribution is -2.47. The molecule has 3 atom stereocenters. The van der Waals surface area contributed by atoms with E-state index in [1.54, 1.807) is 0 Å². The van der Waals surface area contributed by atoms with E-state index in [-0.39, 0.29) is 31.3 Å². The third-order valence-corrected chi connectivity index (χ3v) is 14.2. The van der Waals surface area contributed by atoms with Crippen molar-refractivity contribution in [3.8, 4) is 0 Å². The summed E-state index contributed by atoms with van der Waals surface area (Å²) in [7, 11) is 1.15. The molecule has 0 aromatic heterocycles. The number of carbonyl (C=O) groups excluding carboxylic acids is 2. The van der Waals surface area contributed by atoms with Gasteiger partial charge in [0.05, 0.1) is 33.8 Å². The van der Waals surface area contributed by atoms with Crippen molar-refractivity contribution in [1.29, 1.82) is 0 Å². The molecule has 1 N–H and O–H groups in total. The molecule has 0 aliphatic heterocycles. The van der Waals surface area contributed by atoms with Gasteiger partial charge in [0.25, 0.3) is 7.82 Å². The molecule has 1 amide bonds. The predicted octanol–water partition coefficient (Wildman–Crippen LogP) is 18.7. The lowest BCUT2D eigenvalue weighted by molar-refractivity contribution is -0.870. The maximum absolute atomic E-state index is 13.5. The van der Waals surface area contributed by atoms with E-state index in [0.717, 1.165) is 116 Å². The number of allylic oxidation sites excluding steroid dienone is 17. The second-order valence-electron chi connectivity index (χ2n) is 21.8. The summed E-state index contributed by atoms with van der Waals surface area (Å²) in [6, 6.07) is -0.912. The zero-order valence-corrected chi connectivity index (χ0v) is 51.3. The molecule has 9 nitrogen and oxygen atoms in total. The SMILES string of the molecule is CC/C=C\C/C=C\C/C=C\C/C=C\C/C=C\C/C=C\CCCCCCC(=O)NC(COP(=O)([O-])OCC[N+](C)(C)C)C(/C=C\CCCCCCCCCCC)OC(=O)CCCCCCCCC/C=C\C/C=C\CCCCC. The molecule has 10 heteroatoms. The van der Waals surface area contributed by atoms with Crippen LogP contribution in [0.5, 0.6) is 0 Å². The lowest BCUT2D eigenvalue weighted by atomic mass is 10.1. The molecular weight excluding hydrogens is 976 g/mol. The molecule has 77 heavy (non-hydrogen) atoms. The summed E-state index contributed by atoms with van der Waals surface area (Å²) >= 11 is 0. The Morgan fingerprint density at radius 3 is 1.27 bits per heavy atom. The number of quaternary nitrogens is 1. The molecule has 0 spiro atoms. The van der Waals surface area contributed by atoms with E-state index in [1.165, 1.54) is 89.9 Å². The first-order valence-corrected chi connectivity index (χ1v) is 32.7. The van der Waals surface area contributed by atoms with Crippen LogP contribution in [0.1, 0.15) is 252 Å². The molecule has 0 aromatic rings. The van der Waals surface area contributed by atoms with Gasteiger partial charge in [0.1, 0.15) is 19.3 Å². The van der Waals surface area contributed by atoms with Crippen LogP contribution >= 0.6 is 7.82 Å². The van der Waals surface area contributed by atoms with Crippen LogP contribution in [-0.2, 0) is 27.9 Å². The third kappa shape index (κ3) is 57.2. The molecule has 0 heterocycles. The molecule has 3 unspecified atom stereocenters. The van der Waals surface area contributed by atoms with E-state index in [9.17, 15) is 19.0 Å². The minimum atomic E-state index is -4.71. The van der Waals surface area contributed by atoms with Gasteiger partial charge in [0.15, 0.2) is 0 Å². The highest BCUT2D eigenvalue weighted by Crippen LogP contribution is 2.38. The molecule has 0 saturated carbocycles. The number of hydrogen-bond acceptors (Lipinski definition) is 7. The van der Waals surface area contributed by atoms with Gasteiger partial charge in [-0.05, 0) is 115 Å². The quantitative estimate of drug-likeness (QED) is 0.0212. The van der Waals surface area contributed by atoms with E-state index in [2.05, 4.69) is 123 Å². The maximum Gasteiger partial charge on any atom is 0.306 e. The summed E-state index contributed by atoms with van der Waals surface area (Å²) in [6.45, 7) is 6.66. The fraction of sp³-hybridized carbons (Fsp3) is 0.701. The highest BCUT2D eigenvalue weighted by Gasteiger charge is 2.27. The van der Waals surface area contributed by atoms with Crippen LogP contribution in [0, 0.1) is 0 Å². The summed E-state index contributed by atoms with van der Waals surface area (Å²) in [4.78, 5) is 40.0. The zero-order chi connectivity index (χ0) is 56.4. The standard InChI is InChI=1S/C67H117N2O7P/c1-7-10-13-16-19-22-25-27-29-31-32-33-34-35-36-38-39-41-44-47-50-53-56-59-66(70)68-64(63-75-77(72,73)74-62-61-69(4,5)6)65(58-55-52-49-46-43-24-21-18-15-12-9-3)76-67(71)60-57-54-51-48-45-42-40-37-30-28-26-23-20-17-14-11-8-2/h10,13,19-20,22-23,27-30,32-33,35-36,39,41,55,58,64-65H,7-9,11-12,14-18,21,24-26,31,34,37-38,40,42-54,56-57,59-63H2,1-6H3,(H-,68,70,72,73)/b13-10-,22-19-,23-20-,29-27-,30-28-,33-32-,36-35-,41-39-,58-55-. The van der Waals surface area contributed by atoms with Crippen LogP contribution in [0.25, 0.3) is 0 Å². The lowest BCUT2D eigenvalue weighted by Gasteiger charge is -2.30. The molecule has 0 radical (unpaired) electrons. The highest BCUT2D eigenvalue weighted by atomic mass is 31.2. The van der Waals surface area contributed by atoms with Crippen LogP contribution in [0.4, 0.5) is 0 Å². The second-order valence-corrected chi connectivity index (χ2v) is 23.2. The molecule has 0 aliphatic rings. The van der Waals surface area contributed by atoms with Crippen LogP contribution in [0.15, 0.2) is 109 Å². The molecule has 442 valence electrons. The number of hydrogen-bond donors (Lipinski definition) is 1. The Kier molecular flexibility index (Phi) is 53.5. The van der Waals surface area contributed by atoms with Crippen LogP contribution in [0.2, 0.25) is 0 Å². The van der Waals surface area contributed by atoms with Crippen molar-refractivity contribution in [3.05, 3.63) is 109 Å². The second kappa shape index (κ2) is 56.0. The predicted molar refractivity (Wildman–Crippen MR) is 330 cm³/mol. The normalized spacial score (nSPS) is 14.4. The zero-order valence-electron chi connectivity index (χ0n) is 50.4. The number of phosphoric ester groups is 1. The smallest absolute Gasteiger partial charge is 0.306 e. The van der Waals surface area contributed by atoms with Crippen molar-refractivity contribution in [2.75, 3.05) is 40.9 Å². The first-order chi connectivity index (χ1) is 37.4. The number of likely N-dealkylation sites (N-methyl/N-ethyl adjacent to an activating group) is 1. The fourth-order valence-corrected chi connectivity index (χ4v) is 9.10. The number of nitrogens with one attached hydrogen (secondary N) is 1. The van der Waals surface area contributed by atoms with Crippen molar-refractivity contribution < 1.29 is 37.3 Å². The van der Waals surface area contributed by atoms with Crippen molar-refractivity contribution in [2.45, 2.75) is 264 Å². The Labute approximate surface area is 474 Å². The number of carbonyl (C=O) groups is 2. The Bertz CT molecular complexity index is 1690. The topological polar surface area (TPSA) is 114 Å². The summed E-state index contributed by atoms with van der Waals surface area (Å²) in [6.07, 6.45) is 76.2. The average Bonchev–Trinajstić information content (AvgIpc) is 3.39. The van der Waals surface area contributed by atoms with Gasteiger partial charge in [0.2, 0.25) is 5.91 Å². The number of amides is 1. The number of nitrogens with zero attached hydrogens (tertiary/aromatic N) is 1. The van der Waals surface area contributed by atoms with Gasteiger partial charge < -0.3 is 28.5 Å². The van der Waals surface area contributed by atoms with Crippen LogP contribution in [-0.4, -0.2) is 69.4 Å². The monoisotopic (exact) mass is 1090 g/mol. The summed E-state index contributed by atoms with van der Waals surface area (Å²) in [5, 5.41) is 3.01. The van der Waals surface area contributed by atoms with Gasteiger partial charge in [-0.25, -0.2) is 0 Å². The number of rotatable bonds is 55. The first kappa shape index (κ1) is 73.7. The van der Waals surface area contributed by atoms with Crippen LogP contribution in [0.3, 0.4) is 0 Å². The minimum Gasteiger partial charge on any atom is -0.756 e. The number of esters is 1. The molecule has 0 aromatic carbocycles. The van der Waals surface area contributed by atoms with E-state index in [0.29, 0.717) is 23.9 Å². The Morgan fingerprint density at radius 1 is 0.468 bits per heavy atom. The van der Waals surface area contributed by atoms with Gasteiger partial charge in [-0.2, -0.15) is 0 Å². The molecular formula is C67H117N2O7P. The van der Waals surface area contributed by atoms with Gasteiger partial charge in [-0.3, -0.25) is 14.2 Å². The largest absolute Gasteiger partial charge is 0.756 e. The van der Waals surface area contributed by atoms with Gasteiger partial charge in [0, 0.05) is 12.8 Å². The number of phosphoric acid groups is 1. The number of ether oxygens (including phenoxy) is 1. The first-order valence-electron chi connectivity index (χ1n) is 31.2. The molecule has 0 bridgehead atoms. The average molecular weight is 1090 g/mol. The highest BCUT2D eigenvalue weighted by molar-refractivity contribution is 7.45. The fourth-order valence-electron chi connectivity index (χ4n) is 8.38. The summed E-state index contributed by atoms with van der Waals surface area (Å²) < 4.78 is 30.3. The summed E-state index contributed by atoms with van der Waals surface area (Å²) in [5.74, 6) is -0.585. The van der Waals surface area contributed by atoms with Crippen molar-refractivity contribution >= 4 is 19.7 Å². The summed E-state index contributed by atoms with van der Waals surface area (Å²) in [5.41, 5.74) is 0. The Morgan fingerprint density at radius 2 is 0.831 bits per heavy atom. The minimum absolute atomic E-state index is 0.0346. The van der Waals surface area contributed by atoms with Crippen LogP contribution < -0.4 is 10.2 Å². The van der Waals surface area contributed by atoms with Crippen molar-refractivity contribution in [3.63, 3.8) is 0 Å². The maximum atomic E-state index is 13.5. The number of unbranched alkanes of at least 4 members (excludes halogenated alkanes) is 23. The van der Waals surface area contributed by atoms with Gasteiger partial charge in [-0.15, -0.1) is 0 Å².